The fraction of sp³-hybridized carbons (Fsp3) is 0.524. The Balaban J connectivity index is 1.79. The maximum absolute atomic E-state index is 11.6. The van der Waals surface area contributed by atoms with Crippen molar-refractivity contribution in [1.29, 1.82) is 0 Å². The second-order valence-electron chi connectivity index (χ2n) is 7.61. The summed E-state index contributed by atoms with van der Waals surface area (Å²) in [4.78, 5) is 31.1. The van der Waals surface area contributed by atoms with E-state index in [1.54, 1.807) is 4.90 Å². The van der Waals surface area contributed by atoms with Gasteiger partial charge < -0.3 is 23.9 Å². The number of methoxy groups -OCH3 is 1. The molecule has 1 aliphatic rings. The predicted octanol–water partition coefficient (Wildman–Crippen LogP) is 3.27. The van der Waals surface area contributed by atoms with Crippen LogP contribution in [0.4, 0.5) is 10.5 Å². The lowest BCUT2D eigenvalue weighted by Gasteiger charge is -2.29. The largest absolute Gasteiger partial charge is 0.453 e. The van der Waals surface area contributed by atoms with Crippen LogP contribution in [0.1, 0.15) is 44.1 Å². The first kappa shape index (κ1) is 20.8. The van der Waals surface area contributed by atoms with Gasteiger partial charge in [-0.25, -0.2) is 4.79 Å². The molecule has 0 aliphatic carbocycles. The summed E-state index contributed by atoms with van der Waals surface area (Å²) in [5, 5.41) is 4.17. The van der Waals surface area contributed by atoms with Crippen molar-refractivity contribution in [3.63, 3.8) is 0 Å². The number of hydrogen-bond donors (Lipinski definition) is 0. The van der Waals surface area contributed by atoms with Crippen molar-refractivity contribution >= 4 is 18.1 Å². The van der Waals surface area contributed by atoms with Gasteiger partial charge in [0.15, 0.2) is 0 Å². The Morgan fingerprint density at radius 3 is 2.72 bits per heavy atom. The van der Waals surface area contributed by atoms with Crippen LogP contribution in [0.15, 0.2) is 22.7 Å². The Hall–Kier alpha value is -2.90. The number of carbonyl (C=O) groups is 2. The summed E-state index contributed by atoms with van der Waals surface area (Å²) in [6, 6.07) is 6.16. The van der Waals surface area contributed by atoms with Crippen LogP contribution in [0.25, 0.3) is 11.4 Å². The van der Waals surface area contributed by atoms with Gasteiger partial charge >= 0.3 is 6.09 Å². The Morgan fingerprint density at radius 2 is 2.10 bits per heavy atom. The lowest BCUT2D eigenvalue weighted by molar-refractivity contribution is -0.107. The highest BCUT2D eigenvalue weighted by atomic mass is 16.5. The molecule has 1 aromatic heterocycles. The standard InChI is InChI=1S/C21H28N4O4/c1-14(2)24(3)18-13-17(6-5-15(18)9-12-26)19-22-20(29-23-19)16-7-10-25(11-8-16)21(27)28-4/h5-6,12-14,16H,7-11H2,1-4H3. The summed E-state index contributed by atoms with van der Waals surface area (Å²) in [5.41, 5.74) is 2.81. The maximum Gasteiger partial charge on any atom is 0.409 e. The van der Waals surface area contributed by atoms with Crippen molar-refractivity contribution < 1.29 is 18.8 Å². The number of piperidine rings is 1. The Bertz CT molecular complexity index is 856. The Morgan fingerprint density at radius 1 is 1.38 bits per heavy atom. The van der Waals surface area contributed by atoms with Crippen LogP contribution in [0.2, 0.25) is 0 Å². The molecular weight excluding hydrogens is 372 g/mol. The first-order valence-corrected chi connectivity index (χ1v) is 9.90. The third-order valence-corrected chi connectivity index (χ3v) is 5.52. The van der Waals surface area contributed by atoms with Crippen molar-refractivity contribution in [2.45, 2.75) is 45.1 Å². The zero-order valence-corrected chi connectivity index (χ0v) is 17.4. The molecule has 0 atom stereocenters. The van der Waals surface area contributed by atoms with Gasteiger partial charge in [-0.1, -0.05) is 17.3 Å². The lowest BCUT2D eigenvalue weighted by atomic mass is 9.97. The van der Waals surface area contributed by atoms with E-state index in [1.807, 2.05) is 25.2 Å². The number of benzene rings is 1. The topological polar surface area (TPSA) is 88.8 Å². The minimum atomic E-state index is -0.299. The minimum Gasteiger partial charge on any atom is -0.453 e. The van der Waals surface area contributed by atoms with Gasteiger partial charge in [-0.05, 0) is 38.3 Å². The van der Waals surface area contributed by atoms with Crippen LogP contribution < -0.4 is 4.90 Å². The quantitative estimate of drug-likeness (QED) is 0.688. The molecular formula is C21H28N4O4. The predicted molar refractivity (Wildman–Crippen MR) is 109 cm³/mol. The molecule has 2 heterocycles. The third kappa shape index (κ3) is 4.58. The molecule has 0 saturated carbocycles. The average molecular weight is 400 g/mol. The molecule has 29 heavy (non-hydrogen) atoms. The highest BCUT2D eigenvalue weighted by Gasteiger charge is 2.28. The molecule has 2 aromatic rings. The van der Waals surface area contributed by atoms with Crippen molar-refractivity contribution in [1.82, 2.24) is 15.0 Å². The number of aromatic nitrogens is 2. The number of carbonyl (C=O) groups excluding carboxylic acids is 2. The summed E-state index contributed by atoms with van der Waals surface area (Å²) in [6.45, 7) is 5.42. The number of ether oxygens (including phenoxy) is 1. The third-order valence-electron chi connectivity index (χ3n) is 5.52. The van der Waals surface area contributed by atoms with E-state index < -0.39 is 0 Å². The molecule has 0 unspecified atom stereocenters. The SMILES string of the molecule is COC(=O)N1CCC(c2nc(-c3ccc(CC=O)c(N(C)C(C)C)c3)no2)CC1. The van der Waals surface area contributed by atoms with Crippen molar-refractivity contribution in [3.8, 4) is 11.4 Å². The first-order valence-electron chi connectivity index (χ1n) is 9.90. The number of likely N-dealkylation sites (tertiary alicyclic amines) is 1. The summed E-state index contributed by atoms with van der Waals surface area (Å²) < 4.78 is 10.3. The first-order chi connectivity index (χ1) is 13.9. The molecule has 0 bridgehead atoms. The molecule has 0 N–H and O–H groups in total. The van der Waals surface area contributed by atoms with E-state index >= 15 is 0 Å². The molecule has 1 amide bonds. The van der Waals surface area contributed by atoms with Crippen molar-refractivity contribution in [3.05, 3.63) is 29.7 Å². The van der Waals surface area contributed by atoms with E-state index in [4.69, 9.17) is 9.26 Å². The number of rotatable bonds is 6. The molecule has 0 radical (unpaired) electrons. The fourth-order valence-corrected chi connectivity index (χ4v) is 3.53. The smallest absolute Gasteiger partial charge is 0.409 e. The number of hydrogen-bond acceptors (Lipinski definition) is 7. The summed E-state index contributed by atoms with van der Waals surface area (Å²) in [6.07, 6.45) is 2.50. The van der Waals surface area contributed by atoms with Gasteiger partial charge in [0.05, 0.1) is 7.11 Å². The van der Waals surface area contributed by atoms with Gasteiger partial charge in [0.2, 0.25) is 11.7 Å². The summed E-state index contributed by atoms with van der Waals surface area (Å²) >= 11 is 0. The summed E-state index contributed by atoms with van der Waals surface area (Å²) in [5.74, 6) is 1.26. The second-order valence-corrected chi connectivity index (χ2v) is 7.61. The van der Waals surface area contributed by atoms with Crippen LogP contribution in [0.3, 0.4) is 0 Å². The lowest BCUT2D eigenvalue weighted by Crippen LogP contribution is -2.37. The molecule has 156 valence electrons. The van der Waals surface area contributed by atoms with E-state index in [0.29, 0.717) is 31.2 Å². The highest BCUT2D eigenvalue weighted by Crippen LogP contribution is 2.31. The Labute approximate surface area is 170 Å². The minimum absolute atomic E-state index is 0.129. The molecule has 8 nitrogen and oxygen atoms in total. The van der Waals surface area contributed by atoms with Crippen LogP contribution in [-0.4, -0.2) is 60.7 Å². The van der Waals surface area contributed by atoms with Crippen LogP contribution in [0.5, 0.6) is 0 Å². The monoisotopic (exact) mass is 400 g/mol. The molecule has 1 saturated heterocycles. The average Bonchev–Trinajstić information content (AvgIpc) is 3.23. The van der Waals surface area contributed by atoms with Gasteiger partial charge in [-0.3, -0.25) is 0 Å². The zero-order valence-electron chi connectivity index (χ0n) is 17.4. The number of aldehydes is 1. The van der Waals surface area contributed by atoms with Gasteiger partial charge in [-0.15, -0.1) is 0 Å². The molecule has 8 heteroatoms. The van der Waals surface area contributed by atoms with Gasteiger partial charge in [-0.2, -0.15) is 4.98 Å². The van der Waals surface area contributed by atoms with E-state index in [2.05, 4.69) is 28.9 Å². The maximum atomic E-state index is 11.6. The van der Waals surface area contributed by atoms with E-state index in [9.17, 15) is 9.59 Å². The van der Waals surface area contributed by atoms with E-state index in [1.165, 1.54) is 7.11 Å². The number of amides is 1. The van der Waals surface area contributed by atoms with Crippen molar-refractivity contribution in [2.24, 2.45) is 0 Å². The molecule has 1 aliphatic heterocycles. The normalized spacial score (nSPS) is 14.9. The Kier molecular flexibility index (Phi) is 6.51. The van der Waals surface area contributed by atoms with E-state index in [0.717, 1.165) is 35.9 Å². The molecule has 3 rings (SSSR count). The summed E-state index contributed by atoms with van der Waals surface area (Å²) in [7, 11) is 3.40. The highest BCUT2D eigenvalue weighted by molar-refractivity contribution is 5.70. The van der Waals surface area contributed by atoms with Crippen LogP contribution in [-0.2, 0) is 16.0 Å². The molecule has 1 aromatic carbocycles. The zero-order chi connectivity index (χ0) is 21.0. The van der Waals surface area contributed by atoms with Gasteiger partial charge in [0.25, 0.3) is 0 Å². The van der Waals surface area contributed by atoms with Crippen LogP contribution in [0, 0.1) is 0 Å². The molecule has 0 spiro atoms. The van der Waals surface area contributed by atoms with Crippen molar-refractivity contribution in [2.75, 3.05) is 32.1 Å². The number of anilines is 1. The molecule has 1 fully saturated rings. The van der Waals surface area contributed by atoms with E-state index in [-0.39, 0.29) is 18.1 Å². The fourth-order valence-electron chi connectivity index (χ4n) is 3.53. The van der Waals surface area contributed by atoms with Gasteiger partial charge in [0, 0.05) is 49.8 Å². The second kappa shape index (κ2) is 9.07. The van der Waals surface area contributed by atoms with Crippen LogP contribution >= 0.6 is 0 Å². The number of nitrogens with zero attached hydrogens (tertiary/aromatic N) is 4. The van der Waals surface area contributed by atoms with Gasteiger partial charge in [0.1, 0.15) is 6.29 Å².